The van der Waals surface area contributed by atoms with Crippen molar-refractivity contribution in [1.29, 1.82) is 0 Å². The number of fused-ring (bicyclic) bond motifs is 1. The van der Waals surface area contributed by atoms with Crippen molar-refractivity contribution in [1.82, 2.24) is 9.97 Å². The minimum absolute atomic E-state index is 0.0120. The third-order valence-electron chi connectivity index (χ3n) is 5.36. The van der Waals surface area contributed by atoms with Gasteiger partial charge in [0.2, 0.25) is 10.0 Å². The normalized spacial score (nSPS) is 11.4. The van der Waals surface area contributed by atoms with E-state index < -0.39 is 21.6 Å². The van der Waals surface area contributed by atoms with E-state index in [2.05, 4.69) is 14.7 Å². The molecule has 35 heavy (non-hydrogen) atoms. The molecule has 2 heterocycles. The highest BCUT2D eigenvalue weighted by Crippen LogP contribution is 2.39. The van der Waals surface area contributed by atoms with Crippen LogP contribution in [0, 0.1) is 6.92 Å². The molecule has 0 unspecified atom stereocenters. The number of rotatable bonds is 8. The molecule has 0 bridgehead atoms. The molecule has 0 aliphatic heterocycles. The lowest BCUT2D eigenvalue weighted by Gasteiger charge is -2.14. The van der Waals surface area contributed by atoms with E-state index in [4.69, 9.17) is 9.47 Å². The summed E-state index contributed by atoms with van der Waals surface area (Å²) in [5, 5.41) is 0.848. The third-order valence-corrected chi connectivity index (χ3v) is 6.67. The number of aromatic amines is 2. The van der Waals surface area contributed by atoms with Gasteiger partial charge in [0, 0.05) is 22.3 Å². The maximum atomic E-state index is 12.8. The lowest BCUT2D eigenvalue weighted by Crippen LogP contribution is -2.15. The quantitative estimate of drug-likeness (QED) is 0.307. The Bertz CT molecular complexity index is 1560. The van der Waals surface area contributed by atoms with Gasteiger partial charge in [0.05, 0.1) is 23.4 Å². The topological polar surface area (TPSA) is 130 Å². The second kappa shape index (κ2) is 9.67. The van der Waals surface area contributed by atoms with Crippen LogP contribution in [0.5, 0.6) is 11.5 Å². The lowest BCUT2D eigenvalue weighted by atomic mass is 10.1. The van der Waals surface area contributed by atoms with Crippen molar-refractivity contribution < 1.29 is 22.7 Å². The zero-order chi connectivity index (χ0) is 25.2. The number of anilines is 1. The summed E-state index contributed by atoms with van der Waals surface area (Å²) < 4.78 is 38.1. The van der Waals surface area contributed by atoms with E-state index in [9.17, 15) is 18.0 Å². The largest absolute Gasteiger partial charge is 0.461 e. The molecular weight excluding hydrogens is 470 g/mol. The average molecular weight is 496 g/mol. The van der Waals surface area contributed by atoms with Gasteiger partial charge >= 0.3 is 5.97 Å². The fourth-order valence-corrected chi connectivity index (χ4v) is 4.35. The van der Waals surface area contributed by atoms with Crippen molar-refractivity contribution in [2.75, 3.05) is 17.1 Å². The SMILES string of the molecule is CCOC(=O)c1cc2c(-c3cc(NS(=O)(=O)CC)ccc3Oc3ccccc3)[nH]c(C)c2c(=O)[nH]1. The molecule has 0 atom stereocenters. The molecule has 0 radical (unpaired) electrons. The Kier molecular flexibility index (Phi) is 6.65. The van der Waals surface area contributed by atoms with Gasteiger partial charge in [-0.25, -0.2) is 13.2 Å². The number of carbonyl (C=O) groups is 1. The molecular formula is C25H25N3O6S. The zero-order valence-corrected chi connectivity index (χ0v) is 20.3. The number of hydrogen-bond acceptors (Lipinski definition) is 6. The summed E-state index contributed by atoms with van der Waals surface area (Å²) >= 11 is 0. The molecule has 2 aromatic heterocycles. The van der Waals surface area contributed by atoms with Crippen molar-refractivity contribution in [3.05, 3.63) is 76.3 Å². The van der Waals surface area contributed by atoms with E-state index in [0.29, 0.717) is 44.9 Å². The van der Waals surface area contributed by atoms with Crippen molar-refractivity contribution in [2.45, 2.75) is 20.8 Å². The molecule has 0 fully saturated rings. The molecule has 0 aliphatic carbocycles. The van der Waals surface area contributed by atoms with Crippen LogP contribution in [0.25, 0.3) is 22.0 Å². The molecule has 0 saturated heterocycles. The standard InChI is InChI=1S/C25H25N3O6S/c1-4-33-25(30)20-14-19-22(24(29)27-20)15(3)26-23(19)18-13-16(28-35(31,32)5-2)11-12-21(18)34-17-9-7-6-8-10-17/h6-14,26,28H,4-5H2,1-3H3,(H,27,29). The number of nitrogens with one attached hydrogen (secondary N) is 3. The van der Waals surface area contributed by atoms with Crippen molar-refractivity contribution in [2.24, 2.45) is 0 Å². The Balaban J connectivity index is 1.94. The molecule has 4 rings (SSSR count). The molecule has 0 saturated carbocycles. The number of esters is 1. The van der Waals surface area contributed by atoms with Crippen LogP contribution in [-0.2, 0) is 14.8 Å². The van der Waals surface area contributed by atoms with Gasteiger partial charge in [-0.1, -0.05) is 18.2 Å². The smallest absolute Gasteiger partial charge is 0.354 e. The van der Waals surface area contributed by atoms with Gasteiger partial charge in [-0.2, -0.15) is 0 Å². The predicted octanol–water partition coefficient (Wildman–Crippen LogP) is 4.56. The van der Waals surface area contributed by atoms with Gasteiger partial charge < -0.3 is 19.4 Å². The molecule has 0 spiro atoms. The minimum Gasteiger partial charge on any atom is -0.461 e. The van der Waals surface area contributed by atoms with Gasteiger partial charge in [-0.05, 0) is 57.2 Å². The summed E-state index contributed by atoms with van der Waals surface area (Å²) in [6, 6.07) is 15.5. The molecule has 182 valence electrons. The molecule has 3 N–H and O–H groups in total. The Hall–Kier alpha value is -4.05. The van der Waals surface area contributed by atoms with Gasteiger partial charge in [0.1, 0.15) is 17.2 Å². The fraction of sp³-hybridized carbons (Fsp3) is 0.200. The summed E-state index contributed by atoms with van der Waals surface area (Å²) in [5.74, 6) is 0.263. The number of benzene rings is 2. The first-order chi connectivity index (χ1) is 16.7. The Labute approximate surface area is 202 Å². The summed E-state index contributed by atoms with van der Waals surface area (Å²) in [5.41, 5.74) is 1.48. The van der Waals surface area contributed by atoms with Crippen LogP contribution < -0.4 is 15.0 Å². The number of aryl methyl sites for hydroxylation is 1. The number of sulfonamides is 1. The van der Waals surface area contributed by atoms with Crippen LogP contribution in [0.3, 0.4) is 0 Å². The van der Waals surface area contributed by atoms with Gasteiger partial charge in [-0.3, -0.25) is 9.52 Å². The first kappa shape index (κ1) is 24.1. The Morgan fingerprint density at radius 2 is 1.77 bits per heavy atom. The van der Waals surface area contributed by atoms with Crippen LogP contribution in [0.15, 0.2) is 59.4 Å². The van der Waals surface area contributed by atoms with Crippen molar-refractivity contribution >= 4 is 32.5 Å². The van der Waals surface area contributed by atoms with E-state index in [1.807, 2.05) is 18.2 Å². The van der Waals surface area contributed by atoms with E-state index in [1.54, 1.807) is 57.2 Å². The lowest BCUT2D eigenvalue weighted by molar-refractivity contribution is 0.0519. The molecule has 9 nitrogen and oxygen atoms in total. The van der Waals surface area contributed by atoms with Gasteiger partial charge in [0.25, 0.3) is 5.56 Å². The highest BCUT2D eigenvalue weighted by atomic mass is 32.2. The Morgan fingerprint density at radius 1 is 1.03 bits per heavy atom. The van der Waals surface area contributed by atoms with Crippen molar-refractivity contribution in [3.63, 3.8) is 0 Å². The highest BCUT2D eigenvalue weighted by Gasteiger charge is 2.21. The van der Waals surface area contributed by atoms with E-state index in [1.165, 1.54) is 0 Å². The maximum Gasteiger partial charge on any atom is 0.354 e. The molecule has 2 aromatic carbocycles. The van der Waals surface area contributed by atoms with Crippen LogP contribution >= 0.6 is 0 Å². The molecule has 0 aliphatic rings. The number of hydrogen-bond donors (Lipinski definition) is 3. The number of H-pyrrole nitrogens is 2. The summed E-state index contributed by atoms with van der Waals surface area (Å²) in [6.07, 6.45) is 0. The average Bonchev–Trinajstić information content (AvgIpc) is 3.17. The summed E-state index contributed by atoms with van der Waals surface area (Å²) in [7, 11) is -3.53. The second-order valence-corrected chi connectivity index (χ2v) is 9.79. The molecule has 4 aromatic rings. The second-order valence-electron chi connectivity index (χ2n) is 7.78. The number of aromatic nitrogens is 2. The summed E-state index contributed by atoms with van der Waals surface area (Å²) in [4.78, 5) is 31.0. The van der Waals surface area contributed by atoms with E-state index >= 15 is 0 Å². The van der Waals surface area contributed by atoms with Crippen molar-refractivity contribution in [3.8, 4) is 22.8 Å². The van der Waals surface area contributed by atoms with Crippen LogP contribution in [0.4, 0.5) is 5.69 Å². The van der Waals surface area contributed by atoms with Gasteiger partial charge in [0.15, 0.2) is 0 Å². The number of para-hydroxylation sites is 1. The predicted molar refractivity (Wildman–Crippen MR) is 135 cm³/mol. The monoisotopic (exact) mass is 495 g/mol. The van der Waals surface area contributed by atoms with E-state index in [-0.39, 0.29) is 18.1 Å². The third kappa shape index (κ3) is 5.07. The number of carbonyl (C=O) groups excluding carboxylic acids is 1. The molecule has 10 heteroatoms. The fourth-order valence-electron chi connectivity index (χ4n) is 3.72. The highest BCUT2D eigenvalue weighted by molar-refractivity contribution is 7.92. The van der Waals surface area contributed by atoms with Crippen LogP contribution in [0.1, 0.15) is 30.0 Å². The Morgan fingerprint density at radius 3 is 2.46 bits per heavy atom. The number of pyridine rings is 1. The van der Waals surface area contributed by atoms with Gasteiger partial charge in [-0.15, -0.1) is 0 Å². The van der Waals surface area contributed by atoms with Crippen LogP contribution in [-0.4, -0.2) is 36.7 Å². The first-order valence-electron chi connectivity index (χ1n) is 11.0. The minimum atomic E-state index is -3.53. The first-order valence-corrected chi connectivity index (χ1v) is 12.7. The van der Waals surface area contributed by atoms with E-state index in [0.717, 1.165) is 0 Å². The van der Waals surface area contributed by atoms with Crippen LogP contribution in [0.2, 0.25) is 0 Å². The summed E-state index contributed by atoms with van der Waals surface area (Å²) in [6.45, 7) is 5.12. The zero-order valence-electron chi connectivity index (χ0n) is 19.5. The maximum absolute atomic E-state index is 12.8. The number of ether oxygens (including phenoxy) is 2. The molecule has 0 amide bonds.